The summed E-state index contributed by atoms with van der Waals surface area (Å²) in [7, 11) is 0. The second kappa shape index (κ2) is 8.88. The van der Waals surface area contributed by atoms with Crippen LogP contribution in [-0.2, 0) is 19.5 Å². The van der Waals surface area contributed by atoms with E-state index in [4.69, 9.17) is 9.47 Å². The number of hydrogen-bond donors (Lipinski definition) is 2. The molecule has 0 unspecified atom stereocenters. The van der Waals surface area contributed by atoms with Crippen LogP contribution in [0.25, 0.3) is 0 Å². The van der Waals surface area contributed by atoms with E-state index in [0.29, 0.717) is 6.54 Å². The predicted molar refractivity (Wildman–Crippen MR) is 102 cm³/mol. The molecular formula is C17H23BrN6O2. The summed E-state index contributed by atoms with van der Waals surface area (Å²) in [5.41, 5.74) is 1.05. The SMILES string of the molecule is CCNC(=NCc1cc(Br)c2c(c1)OCO2)NCCn1cnnc1CC. The summed E-state index contributed by atoms with van der Waals surface area (Å²) in [6.07, 6.45) is 2.63. The fourth-order valence-corrected chi connectivity index (χ4v) is 3.26. The summed E-state index contributed by atoms with van der Waals surface area (Å²) < 4.78 is 13.8. The maximum atomic E-state index is 5.46. The maximum Gasteiger partial charge on any atom is 0.231 e. The maximum absolute atomic E-state index is 5.46. The highest BCUT2D eigenvalue weighted by Crippen LogP contribution is 2.40. The zero-order valence-corrected chi connectivity index (χ0v) is 16.5. The van der Waals surface area contributed by atoms with E-state index < -0.39 is 0 Å². The van der Waals surface area contributed by atoms with Crippen LogP contribution in [0.15, 0.2) is 27.9 Å². The summed E-state index contributed by atoms with van der Waals surface area (Å²) in [6.45, 7) is 7.23. The lowest BCUT2D eigenvalue weighted by Gasteiger charge is -2.12. The number of aliphatic imine (C=N–C) groups is 1. The standard InChI is InChI=1S/C17H23BrN6O2/c1-3-15-23-22-10-24(15)6-5-20-17(19-4-2)21-9-12-7-13(18)16-14(8-12)25-11-26-16/h7-8,10H,3-6,9,11H2,1-2H3,(H2,19,20,21). The van der Waals surface area contributed by atoms with Crippen LogP contribution in [0.5, 0.6) is 11.5 Å². The molecule has 1 aliphatic rings. The Bertz CT molecular complexity index is 777. The highest BCUT2D eigenvalue weighted by Gasteiger charge is 2.17. The number of nitrogens with one attached hydrogen (secondary N) is 2. The third-order valence-corrected chi connectivity index (χ3v) is 4.50. The van der Waals surface area contributed by atoms with Gasteiger partial charge in [0.1, 0.15) is 12.2 Å². The van der Waals surface area contributed by atoms with Crippen molar-refractivity contribution in [1.82, 2.24) is 25.4 Å². The molecule has 0 amide bonds. The summed E-state index contributed by atoms with van der Waals surface area (Å²) in [5.74, 6) is 3.26. The molecule has 1 aliphatic heterocycles. The molecule has 8 nitrogen and oxygen atoms in total. The Morgan fingerprint density at radius 2 is 2.19 bits per heavy atom. The lowest BCUT2D eigenvalue weighted by Crippen LogP contribution is -2.38. The molecule has 0 saturated carbocycles. The molecule has 0 bridgehead atoms. The summed E-state index contributed by atoms with van der Waals surface area (Å²) in [6, 6.07) is 3.97. The number of nitrogens with zero attached hydrogens (tertiary/aromatic N) is 4. The number of halogens is 1. The van der Waals surface area contributed by atoms with E-state index in [1.54, 1.807) is 6.33 Å². The van der Waals surface area contributed by atoms with Gasteiger partial charge in [0.2, 0.25) is 6.79 Å². The van der Waals surface area contributed by atoms with Crippen LogP contribution in [-0.4, -0.2) is 40.6 Å². The van der Waals surface area contributed by atoms with Crippen molar-refractivity contribution in [3.63, 3.8) is 0 Å². The van der Waals surface area contributed by atoms with Crippen molar-refractivity contribution in [3.05, 3.63) is 34.3 Å². The van der Waals surface area contributed by atoms with Gasteiger partial charge in [-0.3, -0.25) is 0 Å². The molecule has 3 rings (SSSR count). The third-order valence-electron chi connectivity index (χ3n) is 3.91. The molecule has 0 atom stereocenters. The monoisotopic (exact) mass is 422 g/mol. The van der Waals surface area contributed by atoms with Gasteiger partial charge in [-0.25, -0.2) is 4.99 Å². The molecule has 26 heavy (non-hydrogen) atoms. The van der Waals surface area contributed by atoms with Crippen molar-refractivity contribution in [1.29, 1.82) is 0 Å². The zero-order valence-electron chi connectivity index (χ0n) is 15.0. The van der Waals surface area contributed by atoms with Gasteiger partial charge in [-0.05, 0) is 40.5 Å². The van der Waals surface area contributed by atoms with Crippen LogP contribution in [0.2, 0.25) is 0 Å². The van der Waals surface area contributed by atoms with Crippen molar-refractivity contribution in [2.24, 2.45) is 4.99 Å². The van der Waals surface area contributed by atoms with Gasteiger partial charge in [0.05, 0.1) is 11.0 Å². The van der Waals surface area contributed by atoms with Crippen LogP contribution >= 0.6 is 15.9 Å². The third kappa shape index (κ3) is 4.46. The largest absolute Gasteiger partial charge is 0.454 e. The molecule has 2 aromatic rings. The lowest BCUT2D eigenvalue weighted by molar-refractivity contribution is 0.173. The number of fused-ring (bicyclic) bond motifs is 1. The van der Waals surface area contributed by atoms with Crippen LogP contribution in [0, 0.1) is 0 Å². The zero-order chi connectivity index (χ0) is 18.4. The minimum absolute atomic E-state index is 0.258. The Labute approximate surface area is 161 Å². The molecule has 2 heterocycles. The van der Waals surface area contributed by atoms with Crippen molar-refractivity contribution in [2.45, 2.75) is 33.4 Å². The van der Waals surface area contributed by atoms with Crippen LogP contribution < -0.4 is 20.1 Å². The Hall–Kier alpha value is -2.29. The average Bonchev–Trinajstić information content (AvgIpc) is 3.28. The molecule has 1 aromatic heterocycles. The van der Waals surface area contributed by atoms with Gasteiger partial charge in [0.15, 0.2) is 17.5 Å². The fraction of sp³-hybridized carbons (Fsp3) is 0.471. The first kappa shape index (κ1) is 18.5. The molecule has 0 spiro atoms. The van der Waals surface area contributed by atoms with Crippen molar-refractivity contribution < 1.29 is 9.47 Å². The Morgan fingerprint density at radius 1 is 1.31 bits per heavy atom. The van der Waals surface area contributed by atoms with E-state index in [2.05, 4.69) is 48.7 Å². The molecular weight excluding hydrogens is 400 g/mol. The van der Waals surface area contributed by atoms with Gasteiger partial charge in [-0.2, -0.15) is 0 Å². The highest BCUT2D eigenvalue weighted by atomic mass is 79.9. The number of aromatic nitrogens is 3. The number of hydrogen-bond acceptors (Lipinski definition) is 5. The predicted octanol–water partition coefficient (Wildman–Crippen LogP) is 2.09. The van der Waals surface area contributed by atoms with E-state index in [9.17, 15) is 0 Å². The number of ether oxygens (including phenoxy) is 2. The first-order valence-electron chi connectivity index (χ1n) is 8.68. The summed E-state index contributed by atoms with van der Waals surface area (Å²) in [5, 5.41) is 14.6. The topological polar surface area (TPSA) is 85.6 Å². The second-order valence-corrected chi connectivity index (χ2v) is 6.58. The molecule has 2 N–H and O–H groups in total. The highest BCUT2D eigenvalue weighted by molar-refractivity contribution is 9.10. The number of guanidine groups is 1. The molecule has 0 radical (unpaired) electrons. The Kier molecular flexibility index (Phi) is 6.32. The van der Waals surface area contributed by atoms with E-state index in [1.807, 2.05) is 23.6 Å². The van der Waals surface area contributed by atoms with E-state index in [-0.39, 0.29) is 6.79 Å². The van der Waals surface area contributed by atoms with Gasteiger partial charge in [0.25, 0.3) is 0 Å². The summed E-state index contributed by atoms with van der Waals surface area (Å²) in [4.78, 5) is 4.65. The van der Waals surface area contributed by atoms with Crippen molar-refractivity contribution in [3.8, 4) is 11.5 Å². The van der Waals surface area contributed by atoms with Gasteiger partial charge >= 0.3 is 0 Å². The molecule has 9 heteroatoms. The van der Waals surface area contributed by atoms with Gasteiger partial charge in [-0.1, -0.05) is 6.92 Å². The molecule has 0 fully saturated rings. The number of rotatable bonds is 7. The van der Waals surface area contributed by atoms with Gasteiger partial charge in [0, 0.05) is 26.1 Å². The number of aryl methyl sites for hydroxylation is 1. The quantitative estimate of drug-likeness (QED) is 0.524. The van der Waals surface area contributed by atoms with Crippen LogP contribution in [0.4, 0.5) is 0 Å². The summed E-state index contributed by atoms with van der Waals surface area (Å²) >= 11 is 3.51. The smallest absolute Gasteiger partial charge is 0.231 e. The minimum atomic E-state index is 0.258. The van der Waals surface area contributed by atoms with Gasteiger partial charge < -0.3 is 24.7 Å². The Balaban J connectivity index is 1.59. The van der Waals surface area contributed by atoms with E-state index >= 15 is 0 Å². The van der Waals surface area contributed by atoms with Gasteiger partial charge in [-0.15, -0.1) is 10.2 Å². The second-order valence-electron chi connectivity index (χ2n) is 5.73. The van der Waals surface area contributed by atoms with Crippen LogP contribution in [0.1, 0.15) is 25.2 Å². The van der Waals surface area contributed by atoms with Crippen molar-refractivity contribution >= 4 is 21.9 Å². The number of benzene rings is 1. The van der Waals surface area contributed by atoms with E-state index in [1.165, 1.54) is 0 Å². The molecule has 1 aromatic carbocycles. The van der Waals surface area contributed by atoms with Crippen molar-refractivity contribution in [2.75, 3.05) is 19.9 Å². The first-order valence-corrected chi connectivity index (χ1v) is 9.47. The van der Waals surface area contributed by atoms with E-state index in [0.717, 1.165) is 59.4 Å². The normalized spacial score (nSPS) is 13.1. The van der Waals surface area contributed by atoms with Crippen LogP contribution in [0.3, 0.4) is 0 Å². The lowest BCUT2D eigenvalue weighted by atomic mass is 10.2. The molecule has 140 valence electrons. The Morgan fingerprint density at radius 3 is 3.00 bits per heavy atom. The fourth-order valence-electron chi connectivity index (χ4n) is 2.66. The average molecular weight is 423 g/mol. The minimum Gasteiger partial charge on any atom is -0.454 e. The molecule has 0 aliphatic carbocycles. The molecule has 0 saturated heterocycles. The first-order chi connectivity index (χ1) is 12.7.